The summed E-state index contributed by atoms with van der Waals surface area (Å²) < 4.78 is 19.4. The maximum atomic E-state index is 13.8. The molecule has 0 aliphatic rings. The maximum absolute atomic E-state index is 13.8. The molecule has 1 atom stereocenters. The molecular weight excluding hydrogens is 357 g/mol. The summed E-state index contributed by atoms with van der Waals surface area (Å²) >= 11 is 0. The topological polar surface area (TPSA) is 55.4 Å². The minimum absolute atomic E-state index is 0.0122. The first-order valence-corrected chi connectivity index (χ1v) is 9.01. The number of nitrogens with one attached hydrogen (secondary N) is 1. The van der Waals surface area contributed by atoms with Gasteiger partial charge in [0.05, 0.1) is 5.69 Å². The van der Waals surface area contributed by atoms with Gasteiger partial charge in [-0.15, -0.1) is 0 Å². The van der Waals surface area contributed by atoms with E-state index in [4.69, 9.17) is 4.74 Å². The van der Waals surface area contributed by atoms with Crippen LogP contribution in [0.15, 0.2) is 78.9 Å². The molecule has 1 amide bonds. The Bertz CT molecular complexity index is 972. The molecule has 0 aromatic heterocycles. The maximum Gasteiger partial charge on any atom is 0.265 e. The van der Waals surface area contributed by atoms with E-state index in [1.54, 1.807) is 67.6 Å². The van der Waals surface area contributed by atoms with Crippen LogP contribution >= 0.6 is 0 Å². The summed E-state index contributed by atoms with van der Waals surface area (Å²) in [5, 5.41) is 2.74. The Balaban J connectivity index is 1.80. The minimum atomic E-state index is -0.892. The molecule has 0 heterocycles. The van der Waals surface area contributed by atoms with E-state index in [2.05, 4.69) is 5.32 Å². The Morgan fingerprint density at radius 3 is 2.29 bits per heavy atom. The van der Waals surface area contributed by atoms with Crippen molar-refractivity contribution >= 4 is 17.4 Å². The van der Waals surface area contributed by atoms with Crippen molar-refractivity contribution in [2.75, 3.05) is 5.32 Å². The third kappa shape index (κ3) is 4.43. The van der Waals surface area contributed by atoms with Crippen LogP contribution in [0.1, 0.15) is 29.3 Å². The molecule has 0 spiro atoms. The van der Waals surface area contributed by atoms with Crippen molar-refractivity contribution in [1.29, 1.82) is 0 Å². The van der Waals surface area contributed by atoms with Gasteiger partial charge in [-0.05, 0) is 30.7 Å². The molecule has 3 aromatic rings. The van der Waals surface area contributed by atoms with Crippen LogP contribution in [0.2, 0.25) is 0 Å². The van der Waals surface area contributed by atoms with Crippen LogP contribution in [-0.2, 0) is 4.79 Å². The lowest BCUT2D eigenvalue weighted by Crippen LogP contribution is -2.33. The molecule has 5 heteroatoms. The number of para-hydroxylation sites is 2. The van der Waals surface area contributed by atoms with E-state index in [-0.39, 0.29) is 11.5 Å². The smallest absolute Gasteiger partial charge is 0.265 e. The normalized spacial score (nSPS) is 11.5. The Kier molecular flexibility index (Phi) is 6.17. The number of benzene rings is 3. The zero-order chi connectivity index (χ0) is 19.9. The van der Waals surface area contributed by atoms with Crippen molar-refractivity contribution in [2.45, 2.75) is 19.4 Å². The summed E-state index contributed by atoms with van der Waals surface area (Å²) in [5.41, 5.74) is 1.29. The van der Waals surface area contributed by atoms with Crippen LogP contribution in [0.4, 0.5) is 10.1 Å². The molecule has 4 nitrogen and oxygen atoms in total. The Hall–Kier alpha value is -3.47. The molecule has 0 unspecified atom stereocenters. The second kappa shape index (κ2) is 8.95. The third-order valence-electron chi connectivity index (χ3n) is 4.23. The highest BCUT2D eigenvalue weighted by atomic mass is 19.1. The predicted molar refractivity (Wildman–Crippen MR) is 106 cm³/mol. The molecule has 0 bridgehead atoms. The highest BCUT2D eigenvalue weighted by Crippen LogP contribution is 2.22. The molecule has 142 valence electrons. The number of rotatable bonds is 7. The van der Waals surface area contributed by atoms with Gasteiger partial charge in [0.2, 0.25) is 0 Å². The number of ether oxygens (including phenoxy) is 1. The zero-order valence-electron chi connectivity index (χ0n) is 15.4. The summed E-state index contributed by atoms with van der Waals surface area (Å²) in [5.74, 6) is -1.16. The molecule has 0 aliphatic heterocycles. The van der Waals surface area contributed by atoms with Gasteiger partial charge in [-0.25, -0.2) is 4.39 Å². The number of hydrogen-bond acceptors (Lipinski definition) is 3. The van der Waals surface area contributed by atoms with Crippen LogP contribution < -0.4 is 10.1 Å². The van der Waals surface area contributed by atoms with Crippen molar-refractivity contribution in [2.24, 2.45) is 0 Å². The van der Waals surface area contributed by atoms with E-state index in [1.165, 1.54) is 12.1 Å². The summed E-state index contributed by atoms with van der Waals surface area (Å²) in [4.78, 5) is 25.5. The lowest BCUT2D eigenvalue weighted by atomic mass is 10.0. The second-order valence-electron chi connectivity index (χ2n) is 6.18. The fourth-order valence-electron chi connectivity index (χ4n) is 2.76. The van der Waals surface area contributed by atoms with Gasteiger partial charge in [-0.1, -0.05) is 61.5 Å². The lowest BCUT2D eigenvalue weighted by molar-refractivity contribution is -0.122. The van der Waals surface area contributed by atoms with E-state index >= 15 is 0 Å². The van der Waals surface area contributed by atoms with E-state index in [0.29, 0.717) is 23.2 Å². The van der Waals surface area contributed by atoms with Crippen LogP contribution in [-0.4, -0.2) is 17.8 Å². The summed E-state index contributed by atoms with van der Waals surface area (Å²) in [6, 6.07) is 21.5. The van der Waals surface area contributed by atoms with Crippen molar-refractivity contribution in [3.05, 3.63) is 95.8 Å². The molecule has 1 N–H and O–H groups in total. The predicted octanol–water partition coefficient (Wildman–Crippen LogP) is 4.85. The number of carbonyl (C=O) groups is 2. The van der Waals surface area contributed by atoms with Gasteiger partial charge in [0, 0.05) is 11.1 Å². The largest absolute Gasteiger partial charge is 0.478 e. The van der Waals surface area contributed by atoms with E-state index in [1.807, 2.05) is 6.07 Å². The van der Waals surface area contributed by atoms with Gasteiger partial charge in [0.25, 0.3) is 5.91 Å². The average Bonchev–Trinajstić information content (AvgIpc) is 2.73. The first kappa shape index (κ1) is 19.3. The van der Waals surface area contributed by atoms with Crippen LogP contribution in [0, 0.1) is 5.82 Å². The molecule has 3 rings (SSSR count). The third-order valence-corrected chi connectivity index (χ3v) is 4.23. The van der Waals surface area contributed by atoms with Crippen LogP contribution in [0.5, 0.6) is 5.75 Å². The van der Waals surface area contributed by atoms with Gasteiger partial charge in [-0.3, -0.25) is 9.59 Å². The van der Waals surface area contributed by atoms with Crippen molar-refractivity contribution in [1.82, 2.24) is 0 Å². The summed E-state index contributed by atoms with van der Waals surface area (Å²) in [6.07, 6.45) is -0.550. The number of amides is 1. The van der Waals surface area contributed by atoms with Crippen LogP contribution in [0.25, 0.3) is 0 Å². The lowest BCUT2D eigenvalue weighted by Gasteiger charge is -2.18. The first-order chi connectivity index (χ1) is 13.6. The van der Waals surface area contributed by atoms with Crippen molar-refractivity contribution in [3.8, 4) is 5.75 Å². The highest BCUT2D eigenvalue weighted by Gasteiger charge is 2.22. The van der Waals surface area contributed by atoms with Gasteiger partial charge in [0.15, 0.2) is 23.5 Å². The van der Waals surface area contributed by atoms with E-state index in [0.717, 1.165) is 0 Å². The van der Waals surface area contributed by atoms with Crippen molar-refractivity contribution in [3.63, 3.8) is 0 Å². The Morgan fingerprint density at radius 2 is 1.57 bits per heavy atom. The molecule has 28 heavy (non-hydrogen) atoms. The highest BCUT2D eigenvalue weighted by molar-refractivity contribution is 6.14. The molecule has 0 aliphatic carbocycles. The van der Waals surface area contributed by atoms with E-state index in [9.17, 15) is 14.0 Å². The molecule has 0 radical (unpaired) electrons. The van der Waals surface area contributed by atoms with Gasteiger partial charge < -0.3 is 10.1 Å². The molecule has 3 aromatic carbocycles. The molecule has 0 saturated carbocycles. The second-order valence-corrected chi connectivity index (χ2v) is 6.18. The minimum Gasteiger partial charge on any atom is -0.478 e. The first-order valence-electron chi connectivity index (χ1n) is 9.01. The quantitative estimate of drug-likeness (QED) is 0.599. The van der Waals surface area contributed by atoms with Crippen LogP contribution in [0.3, 0.4) is 0 Å². The summed E-state index contributed by atoms with van der Waals surface area (Å²) in [7, 11) is 0. The van der Waals surface area contributed by atoms with E-state index < -0.39 is 17.8 Å². The molecule has 0 saturated heterocycles. The van der Waals surface area contributed by atoms with Gasteiger partial charge >= 0.3 is 0 Å². The monoisotopic (exact) mass is 377 g/mol. The Morgan fingerprint density at radius 1 is 0.929 bits per heavy atom. The van der Waals surface area contributed by atoms with Crippen molar-refractivity contribution < 1.29 is 18.7 Å². The van der Waals surface area contributed by atoms with Gasteiger partial charge in [0.1, 0.15) is 0 Å². The number of halogens is 1. The zero-order valence-corrected chi connectivity index (χ0v) is 15.4. The number of anilines is 1. The SMILES string of the molecule is CC[C@@H](Oc1ccccc1F)C(=O)Nc1ccccc1C(=O)c1ccccc1. The summed E-state index contributed by atoms with van der Waals surface area (Å²) in [6.45, 7) is 1.77. The molecule has 0 fully saturated rings. The standard InChI is InChI=1S/C23H20FNO3/c1-2-20(28-21-15-9-7-13-18(21)24)23(27)25-19-14-8-6-12-17(19)22(26)16-10-4-3-5-11-16/h3-15,20H,2H2,1H3,(H,25,27)/t20-/m1/s1. The fourth-order valence-corrected chi connectivity index (χ4v) is 2.76. The number of carbonyl (C=O) groups excluding carboxylic acids is 2. The fraction of sp³-hybridized carbons (Fsp3) is 0.130. The number of hydrogen-bond donors (Lipinski definition) is 1. The molecular formula is C23H20FNO3. The average molecular weight is 377 g/mol. The Labute approximate surface area is 163 Å². The van der Waals surface area contributed by atoms with Gasteiger partial charge in [-0.2, -0.15) is 0 Å². The number of ketones is 1.